The van der Waals surface area contributed by atoms with Crippen LogP contribution < -0.4 is 0 Å². The van der Waals surface area contributed by atoms with Gasteiger partial charge in [0, 0.05) is 0 Å². The summed E-state index contributed by atoms with van der Waals surface area (Å²) >= 11 is 2.15. The van der Waals surface area contributed by atoms with Gasteiger partial charge < -0.3 is 9.47 Å². The molecule has 0 N–H and O–H groups in total. The molecule has 12 heavy (non-hydrogen) atoms. The molecule has 0 aromatic heterocycles. The summed E-state index contributed by atoms with van der Waals surface area (Å²) in [6.45, 7) is 2.43. The van der Waals surface area contributed by atoms with Gasteiger partial charge >= 0.3 is 5.97 Å². The highest BCUT2D eigenvalue weighted by Gasteiger charge is 1.98. The molecule has 0 unspecified atom stereocenters. The molecule has 68 valence electrons. The van der Waals surface area contributed by atoms with E-state index in [1.54, 1.807) is 6.92 Å². The fourth-order valence-electron chi connectivity index (χ4n) is 0.486. The van der Waals surface area contributed by atoms with Gasteiger partial charge in [0.25, 0.3) is 0 Å². The Labute approximate surface area is 85.9 Å². The average Bonchev–Trinajstić information content (AvgIpc) is 2.05. The van der Waals surface area contributed by atoms with Crippen LogP contribution in [0.15, 0.2) is 0 Å². The van der Waals surface area contributed by atoms with E-state index >= 15 is 0 Å². The number of alkyl halides is 1. The molecule has 0 fully saturated rings. The molecule has 0 aromatic carbocycles. The van der Waals surface area contributed by atoms with Gasteiger partial charge in [0.05, 0.1) is 11.0 Å². The SMILES string of the molecule is CCOC(=O)COCC#CCI. The summed E-state index contributed by atoms with van der Waals surface area (Å²) in [4.78, 5) is 10.7. The highest BCUT2D eigenvalue weighted by atomic mass is 127. The van der Waals surface area contributed by atoms with Crippen LogP contribution in [0, 0.1) is 11.8 Å². The third-order valence-corrected chi connectivity index (χ3v) is 1.27. The van der Waals surface area contributed by atoms with E-state index in [1.165, 1.54) is 0 Å². The molecule has 4 heteroatoms. The molecule has 0 amide bonds. The van der Waals surface area contributed by atoms with E-state index in [9.17, 15) is 4.79 Å². The zero-order chi connectivity index (χ0) is 9.23. The summed E-state index contributed by atoms with van der Waals surface area (Å²) in [5, 5.41) is 0. The van der Waals surface area contributed by atoms with E-state index < -0.39 is 0 Å². The number of halogens is 1. The normalized spacial score (nSPS) is 8.50. The molecule has 0 saturated carbocycles. The van der Waals surface area contributed by atoms with Crippen molar-refractivity contribution in [3.8, 4) is 11.8 Å². The Balaban J connectivity index is 3.25. The maximum atomic E-state index is 10.7. The van der Waals surface area contributed by atoms with Gasteiger partial charge in [-0.3, -0.25) is 0 Å². The summed E-state index contributed by atoms with van der Waals surface area (Å²) in [5.41, 5.74) is 0. The van der Waals surface area contributed by atoms with Crippen LogP contribution >= 0.6 is 22.6 Å². The molecule has 0 bridgehead atoms. The standard InChI is InChI=1S/C8H11IO3/c1-2-12-8(10)7-11-6-4-3-5-9/h2,5-7H2,1H3. The van der Waals surface area contributed by atoms with Crippen molar-refractivity contribution < 1.29 is 14.3 Å². The minimum Gasteiger partial charge on any atom is -0.464 e. The number of carbonyl (C=O) groups is 1. The predicted octanol–water partition coefficient (Wildman–Crippen LogP) is 1.00. The minimum atomic E-state index is -0.339. The summed E-state index contributed by atoms with van der Waals surface area (Å²) in [5.74, 6) is 5.22. The first-order valence-electron chi connectivity index (χ1n) is 3.56. The molecular weight excluding hydrogens is 271 g/mol. The van der Waals surface area contributed by atoms with E-state index in [0.29, 0.717) is 13.2 Å². The maximum Gasteiger partial charge on any atom is 0.332 e. The molecule has 0 aliphatic heterocycles. The van der Waals surface area contributed by atoms with Gasteiger partial charge in [-0.05, 0) is 6.92 Å². The quantitative estimate of drug-likeness (QED) is 0.254. The smallest absolute Gasteiger partial charge is 0.332 e. The summed E-state index contributed by atoms with van der Waals surface area (Å²) in [7, 11) is 0. The Morgan fingerprint density at radius 1 is 1.50 bits per heavy atom. The van der Waals surface area contributed by atoms with Gasteiger partial charge in [0.2, 0.25) is 0 Å². The number of carbonyl (C=O) groups excluding carboxylic acids is 1. The van der Waals surface area contributed by atoms with E-state index in [2.05, 4.69) is 39.2 Å². The first kappa shape index (κ1) is 11.7. The second-order valence-electron chi connectivity index (χ2n) is 1.79. The van der Waals surface area contributed by atoms with Crippen LogP contribution in [0.4, 0.5) is 0 Å². The topological polar surface area (TPSA) is 35.5 Å². The summed E-state index contributed by atoms with van der Waals surface area (Å²) in [6, 6.07) is 0. The van der Waals surface area contributed by atoms with Crippen molar-refractivity contribution >= 4 is 28.6 Å². The fourth-order valence-corrected chi connectivity index (χ4v) is 0.756. The molecule has 0 aliphatic rings. The highest BCUT2D eigenvalue weighted by molar-refractivity contribution is 14.1. The van der Waals surface area contributed by atoms with Crippen molar-refractivity contribution in [2.24, 2.45) is 0 Å². The Hall–Kier alpha value is -0.280. The number of hydrogen-bond acceptors (Lipinski definition) is 3. The molecule has 0 aromatic rings. The lowest BCUT2D eigenvalue weighted by Gasteiger charge is -1.99. The zero-order valence-corrected chi connectivity index (χ0v) is 9.09. The molecule has 0 heterocycles. The Bertz CT molecular complexity index is 180. The monoisotopic (exact) mass is 282 g/mol. The third-order valence-electron chi connectivity index (χ3n) is 0.891. The van der Waals surface area contributed by atoms with Gasteiger partial charge in [-0.2, -0.15) is 0 Å². The third kappa shape index (κ3) is 7.82. The lowest BCUT2D eigenvalue weighted by atomic mass is 10.6. The first-order valence-corrected chi connectivity index (χ1v) is 5.08. The van der Waals surface area contributed by atoms with Gasteiger partial charge in [-0.25, -0.2) is 4.79 Å². The first-order chi connectivity index (χ1) is 5.81. The zero-order valence-electron chi connectivity index (χ0n) is 6.93. The minimum absolute atomic E-state index is 0.0102. The molecule has 0 aliphatic carbocycles. The number of ether oxygens (including phenoxy) is 2. The number of hydrogen-bond donors (Lipinski definition) is 0. The predicted molar refractivity (Wildman–Crippen MR) is 54.1 cm³/mol. The average molecular weight is 282 g/mol. The van der Waals surface area contributed by atoms with Crippen molar-refractivity contribution in [2.75, 3.05) is 24.2 Å². The largest absolute Gasteiger partial charge is 0.464 e. The van der Waals surface area contributed by atoms with Gasteiger partial charge in [-0.1, -0.05) is 34.4 Å². The molecule has 0 spiro atoms. The second kappa shape index (κ2) is 8.81. The summed E-state index contributed by atoms with van der Waals surface area (Å²) < 4.78 is 10.3. The van der Waals surface area contributed by atoms with Crippen LogP contribution in [0.2, 0.25) is 0 Å². The second-order valence-corrected chi connectivity index (χ2v) is 2.55. The van der Waals surface area contributed by atoms with Crippen molar-refractivity contribution in [2.45, 2.75) is 6.92 Å². The Morgan fingerprint density at radius 3 is 2.83 bits per heavy atom. The van der Waals surface area contributed by atoms with Crippen LogP contribution in [0.25, 0.3) is 0 Å². The fraction of sp³-hybridized carbons (Fsp3) is 0.625. The van der Waals surface area contributed by atoms with Crippen LogP contribution in [0.5, 0.6) is 0 Å². The number of esters is 1. The van der Waals surface area contributed by atoms with Crippen LogP contribution in [-0.4, -0.2) is 30.2 Å². The number of rotatable bonds is 4. The molecule has 0 rings (SSSR count). The molecular formula is C8H11IO3. The summed E-state index contributed by atoms with van der Waals surface area (Å²) in [6.07, 6.45) is 0. The molecule has 0 radical (unpaired) electrons. The maximum absolute atomic E-state index is 10.7. The van der Waals surface area contributed by atoms with E-state index in [-0.39, 0.29) is 12.6 Å². The van der Waals surface area contributed by atoms with E-state index in [1.807, 2.05) is 0 Å². The van der Waals surface area contributed by atoms with Crippen molar-refractivity contribution in [3.63, 3.8) is 0 Å². The van der Waals surface area contributed by atoms with Crippen LogP contribution in [0.1, 0.15) is 6.92 Å². The Morgan fingerprint density at radius 2 is 2.25 bits per heavy atom. The highest BCUT2D eigenvalue weighted by Crippen LogP contribution is 1.80. The van der Waals surface area contributed by atoms with E-state index in [0.717, 1.165) is 4.43 Å². The Kier molecular flexibility index (Phi) is 8.61. The van der Waals surface area contributed by atoms with E-state index in [4.69, 9.17) is 4.74 Å². The van der Waals surface area contributed by atoms with Crippen LogP contribution in [0.3, 0.4) is 0 Å². The lowest BCUT2D eigenvalue weighted by molar-refractivity contribution is -0.147. The van der Waals surface area contributed by atoms with Gasteiger partial charge in [-0.15, -0.1) is 0 Å². The molecule has 0 atom stereocenters. The molecule has 0 saturated heterocycles. The van der Waals surface area contributed by atoms with Crippen molar-refractivity contribution in [3.05, 3.63) is 0 Å². The van der Waals surface area contributed by atoms with Gasteiger partial charge in [0.1, 0.15) is 13.2 Å². The van der Waals surface area contributed by atoms with Crippen LogP contribution in [-0.2, 0) is 14.3 Å². The lowest BCUT2D eigenvalue weighted by Crippen LogP contribution is -2.12. The van der Waals surface area contributed by atoms with Gasteiger partial charge in [0.15, 0.2) is 0 Å². The van der Waals surface area contributed by atoms with Crippen molar-refractivity contribution in [1.82, 2.24) is 0 Å². The molecule has 3 nitrogen and oxygen atoms in total. The van der Waals surface area contributed by atoms with Crippen molar-refractivity contribution in [1.29, 1.82) is 0 Å².